The van der Waals surface area contributed by atoms with E-state index in [1.165, 1.54) is 0 Å². The van der Waals surface area contributed by atoms with E-state index in [2.05, 4.69) is 0 Å². The SMILES string of the molecule is CC(C)OC1=C(OC(C)C)[C@@]2(O)[C@H]3CCC[C@@H]3C[C@@]2(C)C1=O. The predicted molar refractivity (Wildman–Crippen MR) is 83.0 cm³/mol. The summed E-state index contributed by atoms with van der Waals surface area (Å²) < 4.78 is 11.8. The van der Waals surface area contributed by atoms with E-state index in [-0.39, 0.29) is 29.7 Å². The monoisotopic (exact) mass is 308 g/mol. The molecule has 0 aliphatic heterocycles. The summed E-state index contributed by atoms with van der Waals surface area (Å²) in [5, 5.41) is 11.6. The van der Waals surface area contributed by atoms with Gasteiger partial charge in [-0.05, 0) is 59.3 Å². The maximum Gasteiger partial charge on any atom is 0.210 e. The average Bonchev–Trinajstić information content (AvgIpc) is 2.98. The summed E-state index contributed by atoms with van der Waals surface area (Å²) in [6.45, 7) is 9.53. The van der Waals surface area contributed by atoms with Crippen molar-refractivity contribution < 1.29 is 19.4 Å². The quantitative estimate of drug-likeness (QED) is 0.866. The molecule has 2 saturated carbocycles. The lowest BCUT2D eigenvalue weighted by Gasteiger charge is -2.37. The number of carbonyl (C=O) groups is 1. The number of rotatable bonds is 4. The molecule has 3 aliphatic carbocycles. The maximum atomic E-state index is 13.0. The molecule has 0 aromatic heterocycles. The highest BCUT2D eigenvalue weighted by Crippen LogP contribution is 2.66. The Kier molecular flexibility index (Phi) is 3.59. The van der Waals surface area contributed by atoms with Gasteiger partial charge in [-0.3, -0.25) is 4.79 Å². The van der Waals surface area contributed by atoms with Crippen LogP contribution < -0.4 is 0 Å². The molecular formula is C18H28O4. The van der Waals surface area contributed by atoms with Crippen molar-refractivity contribution in [2.45, 2.75) is 78.1 Å². The van der Waals surface area contributed by atoms with Crippen molar-refractivity contribution in [3.8, 4) is 0 Å². The molecule has 22 heavy (non-hydrogen) atoms. The fourth-order valence-electron chi connectivity index (χ4n) is 4.85. The number of aliphatic hydroxyl groups is 1. The minimum absolute atomic E-state index is 0.0752. The first-order valence-corrected chi connectivity index (χ1v) is 8.57. The van der Waals surface area contributed by atoms with Crippen LogP contribution in [0.1, 0.15) is 60.3 Å². The summed E-state index contributed by atoms with van der Waals surface area (Å²) in [7, 11) is 0. The van der Waals surface area contributed by atoms with Crippen LogP contribution in [0, 0.1) is 17.3 Å². The number of hydrogen-bond donors (Lipinski definition) is 1. The van der Waals surface area contributed by atoms with Crippen LogP contribution in [0.15, 0.2) is 11.5 Å². The Bertz CT molecular complexity index is 521. The van der Waals surface area contributed by atoms with Crippen LogP contribution in [0.25, 0.3) is 0 Å². The molecule has 0 bridgehead atoms. The van der Waals surface area contributed by atoms with Crippen LogP contribution in [-0.2, 0) is 14.3 Å². The third-order valence-electron chi connectivity index (χ3n) is 5.67. The molecule has 0 spiro atoms. The van der Waals surface area contributed by atoms with Crippen LogP contribution in [0.5, 0.6) is 0 Å². The number of fused-ring (bicyclic) bond motifs is 3. The van der Waals surface area contributed by atoms with Crippen LogP contribution in [0.4, 0.5) is 0 Å². The van der Waals surface area contributed by atoms with E-state index in [0.29, 0.717) is 11.7 Å². The summed E-state index contributed by atoms with van der Waals surface area (Å²) in [6.07, 6.45) is 3.71. The van der Waals surface area contributed by atoms with Crippen molar-refractivity contribution in [1.82, 2.24) is 0 Å². The Hall–Kier alpha value is -1.03. The highest BCUT2D eigenvalue weighted by atomic mass is 16.5. The summed E-state index contributed by atoms with van der Waals surface area (Å²) >= 11 is 0. The van der Waals surface area contributed by atoms with Gasteiger partial charge in [-0.25, -0.2) is 0 Å². The van der Waals surface area contributed by atoms with Gasteiger partial charge in [0.1, 0.15) is 5.60 Å². The van der Waals surface area contributed by atoms with Crippen molar-refractivity contribution >= 4 is 5.78 Å². The standard InChI is InChI=1S/C18H28O4/c1-10(2)21-14-15(19)17(5)9-12-7-6-8-13(12)18(17,20)16(14)22-11(3)4/h10-13,20H,6-9H2,1-5H3/t12-,13+,17+,18+/m1/s1. The third-order valence-corrected chi connectivity index (χ3v) is 5.67. The Morgan fingerprint density at radius 2 is 1.77 bits per heavy atom. The summed E-state index contributed by atoms with van der Waals surface area (Å²) in [6, 6.07) is 0. The first kappa shape index (κ1) is 15.9. The molecule has 0 aromatic rings. The van der Waals surface area contributed by atoms with Gasteiger partial charge in [0.25, 0.3) is 0 Å². The van der Waals surface area contributed by atoms with Crippen molar-refractivity contribution in [3.05, 3.63) is 11.5 Å². The first-order chi connectivity index (χ1) is 10.2. The summed E-state index contributed by atoms with van der Waals surface area (Å²) in [4.78, 5) is 13.0. The van der Waals surface area contributed by atoms with Crippen LogP contribution in [0.3, 0.4) is 0 Å². The molecule has 4 atom stereocenters. The first-order valence-electron chi connectivity index (χ1n) is 8.57. The largest absolute Gasteiger partial charge is 0.488 e. The zero-order chi connectivity index (χ0) is 16.3. The topological polar surface area (TPSA) is 55.8 Å². The van der Waals surface area contributed by atoms with Gasteiger partial charge < -0.3 is 14.6 Å². The van der Waals surface area contributed by atoms with E-state index in [1.54, 1.807) is 0 Å². The lowest BCUT2D eigenvalue weighted by atomic mass is 9.73. The molecule has 1 N–H and O–H groups in total. The average molecular weight is 308 g/mol. The molecule has 0 radical (unpaired) electrons. The summed E-state index contributed by atoms with van der Waals surface area (Å²) in [5.74, 6) is 1.12. The second-order valence-electron chi connectivity index (χ2n) is 7.92. The molecule has 4 nitrogen and oxygen atoms in total. The van der Waals surface area contributed by atoms with Gasteiger partial charge in [0.2, 0.25) is 11.5 Å². The Balaban J connectivity index is 2.11. The predicted octanol–water partition coefficient (Wildman–Crippen LogP) is 3.19. The molecule has 0 amide bonds. The van der Waals surface area contributed by atoms with E-state index >= 15 is 0 Å². The normalized spacial score (nSPS) is 40.6. The number of Topliss-reactive ketones (excluding diaryl/α,β-unsaturated/α-hetero) is 1. The fraction of sp³-hybridized carbons (Fsp3) is 0.833. The fourth-order valence-corrected chi connectivity index (χ4v) is 4.85. The Labute approximate surface area is 132 Å². The van der Waals surface area contributed by atoms with Crippen molar-refractivity contribution in [2.24, 2.45) is 17.3 Å². The maximum absolute atomic E-state index is 13.0. The number of hydrogen-bond acceptors (Lipinski definition) is 4. The highest BCUT2D eigenvalue weighted by Gasteiger charge is 2.73. The molecule has 3 aliphatic rings. The highest BCUT2D eigenvalue weighted by molar-refractivity contribution is 6.03. The summed E-state index contributed by atoms with van der Waals surface area (Å²) in [5.41, 5.74) is -1.99. The molecular weight excluding hydrogens is 280 g/mol. The minimum atomic E-state index is -1.19. The van der Waals surface area contributed by atoms with Crippen molar-refractivity contribution in [3.63, 3.8) is 0 Å². The van der Waals surface area contributed by atoms with E-state index in [9.17, 15) is 9.90 Å². The molecule has 3 rings (SSSR count). The van der Waals surface area contributed by atoms with E-state index in [4.69, 9.17) is 9.47 Å². The zero-order valence-corrected chi connectivity index (χ0v) is 14.3. The van der Waals surface area contributed by atoms with Crippen LogP contribution in [-0.4, -0.2) is 28.7 Å². The van der Waals surface area contributed by atoms with Crippen LogP contribution in [0.2, 0.25) is 0 Å². The molecule has 4 heteroatoms. The number of carbonyl (C=O) groups excluding carboxylic acids is 1. The molecule has 0 aromatic carbocycles. The van der Waals surface area contributed by atoms with Gasteiger partial charge in [-0.15, -0.1) is 0 Å². The van der Waals surface area contributed by atoms with Gasteiger partial charge in [-0.1, -0.05) is 12.8 Å². The van der Waals surface area contributed by atoms with Crippen molar-refractivity contribution in [2.75, 3.05) is 0 Å². The molecule has 0 saturated heterocycles. The number of ketones is 1. The van der Waals surface area contributed by atoms with E-state index in [0.717, 1.165) is 25.7 Å². The van der Waals surface area contributed by atoms with Gasteiger partial charge in [0, 0.05) is 0 Å². The second kappa shape index (κ2) is 4.98. The number of ether oxygens (including phenoxy) is 2. The molecule has 0 unspecified atom stereocenters. The zero-order valence-electron chi connectivity index (χ0n) is 14.3. The second-order valence-corrected chi connectivity index (χ2v) is 7.92. The number of allylic oxidation sites excluding steroid dienone is 1. The molecule has 124 valence electrons. The lowest BCUT2D eigenvalue weighted by molar-refractivity contribution is -0.138. The Morgan fingerprint density at radius 1 is 1.14 bits per heavy atom. The molecule has 0 heterocycles. The third kappa shape index (κ3) is 1.89. The van der Waals surface area contributed by atoms with Gasteiger partial charge in [-0.2, -0.15) is 0 Å². The van der Waals surface area contributed by atoms with Gasteiger partial charge in [0.05, 0.1) is 17.6 Å². The Morgan fingerprint density at radius 3 is 2.36 bits per heavy atom. The van der Waals surface area contributed by atoms with E-state index in [1.807, 2.05) is 34.6 Å². The van der Waals surface area contributed by atoms with Gasteiger partial charge in [0.15, 0.2) is 5.76 Å². The van der Waals surface area contributed by atoms with Gasteiger partial charge >= 0.3 is 0 Å². The van der Waals surface area contributed by atoms with Crippen LogP contribution >= 0.6 is 0 Å². The van der Waals surface area contributed by atoms with E-state index < -0.39 is 11.0 Å². The molecule has 2 fully saturated rings. The van der Waals surface area contributed by atoms with Crippen molar-refractivity contribution in [1.29, 1.82) is 0 Å². The smallest absolute Gasteiger partial charge is 0.210 e. The minimum Gasteiger partial charge on any atom is -0.488 e. The lowest BCUT2D eigenvalue weighted by Crippen LogP contribution is -2.48.